The van der Waals surface area contributed by atoms with E-state index >= 15 is 0 Å². The fourth-order valence-corrected chi connectivity index (χ4v) is 2.76. The van der Waals surface area contributed by atoms with Crippen LogP contribution < -0.4 is 9.47 Å². The summed E-state index contributed by atoms with van der Waals surface area (Å²) in [6.45, 7) is 0.558. The minimum absolute atomic E-state index is 0.0273. The Morgan fingerprint density at radius 2 is 1.32 bits per heavy atom. The van der Waals surface area contributed by atoms with Crippen molar-refractivity contribution in [3.05, 3.63) is 83.8 Å². The number of methoxy groups -OCH3 is 2. The monoisotopic (exact) mass is 379 g/mol. The Morgan fingerprint density at radius 3 is 1.71 bits per heavy atom. The van der Waals surface area contributed by atoms with Crippen molar-refractivity contribution in [2.24, 2.45) is 0 Å². The van der Waals surface area contributed by atoms with E-state index in [0.717, 1.165) is 22.6 Å². The van der Waals surface area contributed by atoms with Crippen LogP contribution in [-0.2, 0) is 17.9 Å². The Hall–Kier alpha value is -3.54. The highest BCUT2D eigenvalue weighted by atomic mass is 16.5. The zero-order chi connectivity index (χ0) is 19.9. The average Bonchev–Trinajstić information content (AvgIpc) is 3.28. The number of benzene rings is 2. The van der Waals surface area contributed by atoms with E-state index < -0.39 is 11.7 Å². The van der Waals surface area contributed by atoms with Crippen LogP contribution in [0, 0.1) is 0 Å². The first-order chi connectivity index (χ1) is 13.6. The summed E-state index contributed by atoms with van der Waals surface area (Å²) in [5.74, 6) is 0.181. The van der Waals surface area contributed by atoms with Gasteiger partial charge in [0.15, 0.2) is 5.76 Å². The number of ketones is 1. The highest BCUT2D eigenvalue weighted by Gasteiger charge is 2.25. The van der Waals surface area contributed by atoms with E-state index in [1.54, 1.807) is 20.3 Å². The van der Waals surface area contributed by atoms with Crippen molar-refractivity contribution in [2.75, 3.05) is 14.2 Å². The number of furan rings is 1. The van der Waals surface area contributed by atoms with Crippen LogP contribution in [0.1, 0.15) is 21.7 Å². The minimum atomic E-state index is -0.674. The number of carbonyl (C=O) groups excluding carboxylic acids is 2. The number of ether oxygens (including phenoxy) is 2. The smallest absolute Gasteiger partial charge is 0.298 e. The summed E-state index contributed by atoms with van der Waals surface area (Å²) in [5, 5.41) is 0. The number of rotatable bonds is 8. The van der Waals surface area contributed by atoms with Gasteiger partial charge in [-0.05, 0) is 47.5 Å². The second-order valence-electron chi connectivity index (χ2n) is 6.16. The van der Waals surface area contributed by atoms with E-state index in [2.05, 4.69) is 0 Å². The fraction of sp³-hybridized carbons (Fsp3) is 0.182. The molecule has 1 amide bonds. The van der Waals surface area contributed by atoms with E-state index in [9.17, 15) is 9.59 Å². The van der Waals surface area contributed by atoms with E-state index in [4.69, 9.17) is 13.9 Å². The lowest BCUT2D eigenvalue weighted by Gasteiger charge is -2.22. The van der Waals surface area contributed by atoms with Crippen molar-refractivity contribution < 1.29 is 23.5 Å². The topological polar surface area (TPSA) is 69.0 Å². The summed E-state index contributed by atoms with van der Waals surface area (Å²) in [7, 11) is 3.19. The molecular weight excluding hydrogens is 358 g/mol. The Kier molecular flexibility index (Phi) is 6.11. The fourth-order valence-electron chi connectivity index (χ4n) is 2.76. The summed E-state index contributed by atoms with van der Waals surface area (Å²) in [5.41, 5.74) is 1.77. The molecule has 28 heavy (non-hydrogen) atoms. The first-order valence-corrected chi connectivity index (χ1v) is 8.73. The molecule has 6 heteroatoms. The van der Waals surface area contributed by atoms with Crippen LogP contribution in [0.2, 0.25) is 0 Å². The molecule has 0 fully saturated rings. The molecule has 2 aromatic carbocycles. The second kappa shape index (κ2) is 8.90. The molecule has 0 aliphatic heterocycles. The number of hydrogen-bond acceptors (Lipinski definition) is 5. The summed E-state index contributed by atoms with van der Waals surface area (Å²) >= 11 is 0. The van der Waals surface area contributed by atoms with Crippen LogP contribution in [0.25, 0.3) is 0 Å². The molecule has 0 saturated heterocycles. The van der Waals surface area contributed by atoms with Crippen LogP contribution in [0.5, 0.6) is 11.5 Å². The van der Waals surface area contributed by atoms with Crippen LogP contribution in [0.3, 0.4) is 0 Å². The molecule has 1 heterocycles. The second-order valence-corrected chi connectivity index (χ2v) is 6.16. The SMILES string of the molecule is COc1ccc(CN(Cc2ccc(OC)cc2)C(=O)C(=O)c2ccco2)cc1. The van der Waals surface area contributed by atoms with Gasteiger partial charge in [-0.15, -0.1) is 0 Å². The highest BCUT2D eigenvalue weighted by Crippen LogP contribution is 2.18. The van der Waals surface area contributed by atoms with Crippen molar-refractivity contribution in [3.63, 3.8) is 0 Å². The highest BCUT2D eigenvalue weighted by molar-refractivity contribution is 6.41. The van der Waals surface area contributed by atoms with Crippen molar-refractivity contribution in [1.29, 1.82) is 0 Å². The van der Waals surface area contributed by atoms with Gasteiger partial charge in [-0.25, -0.2) is 0 Å². The standard InChI is InChI=1S/C22H21NO5/c1-26-18-9-5-16(6-10-18)14-23(15-17-7-11-19(27-2)12-8-17)22(25)21(24)20-4-3-13-28-20/h3-13H,14-15H2,1-2H3. The summed E-state index contributed by atoms with van der Waals surface area (Å²) in [4.78, 5) is 26.9. The van der Waals surface area contributed by atoms with Gasteiger partial charge < -0.3 is 18.8 Å². The molecule has 0 aliphatic rings. The molecule has 144 valence electrons. The van der Waals surface area contributed by atoms with Crippen LogP contribution in [0.4, 0.5) is 0 Å². The molecular formula is C22H21NO5. The molecule has 0 saturated carbocycles. The van der Waals surface area contributed by atoms with Gasteiger partial charge in [-0.1, -0.05) is 24.3 Å². The van der Waals surface area contributed by atoms with Gasteiger partial charge in [0.2, 0.25) is 0 Å². The molecule has 0 unspecified atom stereocenters. The predicted molar refractivity (Wildman–Crippen MR) is 103 cm³/mol. The minimum Gasteiger partial charge on any atom is -0.497 e. The number of amides is 1. The largest absolute Gasteiger partial charge is 0.497 e. The third kappa shape index (κ3) is 4.59. The number of hydrogen-bond donors (Lipinski definition) is 0. The predicted octanol–water partition coefficient (Wildman–Crippen LogP) is 3.71. The number of nitrogens with zero attached hydrogens (tertiary/aromatic N) is 1. The first-order valence-electron chi connectivity index (χ1n) is 8.73. The lowest BCUT2D eigenvalue weighted by molar-refractivity contribution is -0.127. The first kappa shape index (κ1) is 19.2. The van der Waals surface area contributed by atoms with E-state index in [1.165, 1.54) is 17.2 Å². The lowest BCUT2D eigenvalue weighted by Crippen LogP contribution is -2.35. The lowest BCUT2D eigenvalue weighted by atomic mass is 10.1. The van der Waals surface area contributed by atoms with E-state index in [0.29, 0.717) is 0 Å². The van der Waals surface area contributed by atoms with Crippen molar-refractivity contribution in [2.45, 2.75) is 13.1 Å². The zero-order valence-corrected chi connectivity index (χ0v) is 15.8. The van der Waals surface area contributed by atoms with E-state index in [1.807, 2.05) is 48.5 Å². The van der Waals surface area contributed by atoms with Gasteiger partial charge in [-0.3, -0.25) is 9.59 Å². The molecule has 3 rings (SSSR count). The molecule has 0 aliphatic carbocycles. The molecule has 1 aromatic heterocycles. The van der Waals surface area contributed by atoms with Crippen molar-refractivity contribution in [3.8, 4) is 11.5 Å². The third-order valence-corrected chi connectivity index (χ3v) is 4.29. The Morgan fingerprint density at radius 1 is 0.821 bits per heavy atom. The summed E-state index contributed by atoms with van der Waals surface area (Å²) < 4.78 is 15.4. The normalized spacial score (nSPS) is 10.4. The van der Waals surface area contributed by atoms with Crippen LogP contribution in [0.15, 0.2) is 71.3 Å². The molecule has 0 spiro atoms. The molecule has 0 radical (unpaired) electrons. The van der Waals surface area contributed by atoms with E-state index in [-0.39, 0.29) is 18.8 Å². The van der Waals surface area contributed by atoms with Gasteiger partial charge in [0.25, 0.3) is 11.7 Å². The summed E-state index contributed by atoms with van der Waals surface area (Å²) in [6.07, 6.45) is 1.37. The molecule has 0 atom stereocenters. The van der Waals surface area contributed by atoms with Gasteiger partial charge in [0.05, 0.1) is 20.5 Å². The maximum absolute atomic E-state index is 12.9. The number of carbonyl (C=O) groups is 2. The number of Topliss-reactive ketones (excluding diaryl/α,β-unsaturated/α-hetero) is 1. The third-order valence-electron chi connectivity index (χ3n) is 4.29. The molecule has 0 bridgehead atoms. The van der Waals surface area contributed by atoms with Crippen LogP contribution >= 0.6 is 0 Å². The van der Waals surface area contributed by atoms with Gasteiger partial charge >= 0.3 is 0 Å². The van der Waals surface area contributed by atoms with Crippen molar-refractivity contribution >= 4 is 11.7 Å². The molecule has 6 nitrogen and oxygen atoms in total. The Labute approximate surface area is 163 Å². The van der Waals surface area contributed by atoms with Crippen LogP contribution in [-0.4, -0.2) is 30.8 Å². The van der Waals surface area contributed by atoms with Gasteiger partial charge in [0.1, 0.15) is 11.5 Å². The zero-order valence-electron chi connectivity index (χ0n) is 15.8. The average molecular weight is 379 g/mol. The maximum Gasteiger partial charge on any atom is 0.298 e. The Bertz CT molecular complexity index is 865. The van der Waals surface area contributed by atoms with Crippen molar-refractivity contribution in [1.82, 2.24) is 4.90 Å². The Balaban J connectivity index is 1.83. The quantitative estimate of drug-likeness (QED) is 0.441. The summed E-state index contributed by atoms with van der Waals surface area (Å²) in [6, 6.07) is 17.8. The van der Waals surface area contributed by atoms with Gasteiger partial charge in [0, 0.05) is 13.1 Å². The molecule has 3 aromatic rings. The maximum atomic E-state index is 12.9. The van der Waals surface area contributed by atoms with Gasteiger partial charge in [-0.2, -0.15) is 0 Å². The molecule has 0 N–H and O–H groups in total.